The van der Waals surface area contributed by atoms with Crippen molar-refractivity contribution in [2.24, 2.45) is 0 Å². The summed E-state index contributed by atoms with van der Waals surface area (Å²) in [5.41, 5.74) is 2.81. The zero-order valence-corrected chi connectivity index (χ0v) is 19.7. The Hall–Kier alpha value is -4.00. The van der Waals surface area contributed by atoms with Gasteiger partial charge in [0.25, 0.3) is 11.8 Å². The van der Waals surface area contributed by atoms with Gasteiger partial charge in [-0.2, -0.15) is 0 Å². The average molecular weight is 470 g/mol. The van der Waals surface area contributed by atoms with Gasteiger partial charge < -0.3 is 9.80 Å². The Morgan fingerprint density at radius 1 is 0.800 bits per heavy atom. The van der Waals surface area contributed by atoms with Crippen LogP contribution < -0.4 is 4.90 Å². The molecule has 0 saturated carbocycles. The van der Waals surface area contributed by atoms with Gasteiger partial charge in [0.05, 0.1) is 0 Å². The van der Waals surface area contributed by atoms with Crippen molar-refractivity contribution in [2.45, 2.75) is 19.8 Å². The highest BCUT2D eigenvalue weighted by Crippen LogP contribution is 2.30. The first-order valence-corrected chi connectivity index (χ1v) is 12.0. The van der Waals surface area contributed by atoms with Crippen LogP contribution in [0.25, 0.3) is 10.8 Å². The Kier molecular flexibility index (Phi) is 6.07. The molecule has 0 radical (unpaired) electrons. The van der Waals surface area contributed by atoms with Crippen molar-refractivity contribution in [2.75, 3.05) is 37.6 Å². The predicted molar refractivity (Wildman–Crippen MR) is 134 cm³/mol. The normalized spacial score (nSPS) is 15.6. The molecular weight excluding hydrogens is 442 g/mol. The summed E-state index contributed by atoms with van der Waals surface area (Å²) in [7, 11) is 0. The second kappa shape index (κ2) is 9.33. The van der Waals surface area contributed by atoms with Gasteiger partial charge in [-0.05, 0) is 55.1 Å². The lowest BCUT2D eigenvalue weighted by Gasteiger charge is -2.36. The Bertz CT molecular complexity index is 1270. The topological polar surface area (TPSA) is 78.0 Å². The van der Waals surface area contributed by atoms with Crippen LogP contribution in [0.4, 0.5) is 5.69 Å². The number of benzene rings is 3. The third kappa shape index (κ3) is 4.30. The van der Waals surface area contributed by atoms with Crippen LogP contribution in [0.1, 0.15) is 50.8 Å². The lowest BCUT2D eigenvalue weighted by molar-refractivity contribution is -0.131. The second-order valence-corrected chi connectivity index (χ2v) is 9.05. The predicted octanol–water partition coefficient (Wildman–Crippen LogP) is 3.77. The highest BCUT2D eigenvalue weighted by atomic mass is 16.2. The number of carbonyl (C=O) groups is 4. The summed E-state index contributed by atoms with van der Waals surface area (Å²) in [5.74, 6) is -0.510. The Morgan fingerprint density at radius 2 is 1.40 bits per heavy atom. The standard InChI is InChI=1S/C28H27N3O4/c1-19(32)20-10-12-22(13-11-20)29-15-17-30(18-16-29)25(33)9-4-14-31-27(34)23-7-2-5-21-6-3-8-24(26(21)23)28(31)35/h2-3,5-8,10-13H,4,9,14-18H2,1H3. The van der Waals surface area contributed by atoms with Gasteiger partial charge in [-0.3, -0.25) is 24.1 Å². The third-order valence-corrected chi connectivity index (χ3v) is 6.90. The lowest BCUT2D eigenvalue weighted by atomic mass is 9.94. The number of imide groups is 1. The van der Waals surface area contributed by atoms with Crippen LogP contribution in [0, 0.1) is 0 Å². The van der Waals surface area contributed by atoms with E-state index in [1.165, 1.54) is 4.90 Å². The molecule has 7 heteroatoms. The van der Waals surface area contributed by atoms with E-state index in [1.54, 1.807) is 19.1 Å². The quantitative estimate of drug-likeness (QED) is 0.406. The number of rotatable bonds is 6. The van der Waals surface area contributed by atoms with Crippen molar-refractivity contribution in [1.29, 1.82) is 0 Å². The van der Waals surface area contributed by atoms with Gasteiger partial charge in [-0.1, -0.05) is 24.3 Å². The van der Waals surface area contributed by atoms with Crippen LogP contribution in [0.15, 0.2) is 60.7 Å². The minimum atomic E-state index is -0.295. The molecule has 0 spiro atoms. The fraction of sp³-hybridized carbons (Fsp3) is 0.286. The molecule has 0 unspecified atom stereocenters. The van der Waals surface area contributed by atoms with E-state index in [-0.39, 0.29) is 36.5 Å². The number of piperazine rings is 1. The zero-order valence-electron chi connectivity index (χ0n) is 19.7. The summed E-state index contributed by atoms with van der Waals surface area (Å²) in [6, 6.07) is 18.5. The molecule has 3 aromatic carbocycles. The number of carbonyl (C=O) groups excluding carboxylic acids is 4. The molecule has 2 aliphatic heterocycles. The molecule has 178 valence electrons. The number of ketones is 1. The number of nitrogens with zero attached hydrogens (tertiary/aromatic N) is 3. The molecule has 5 rings (SSSR count). The molecule has 0 bridgehead atoms. The van der Waals surface area contributed by atoms with Crippen molar-refractivity contribution in [3.8, 4) is 0 Å². The Morgan fingerprint density at radius 3 is 1.97 bits per heavy atom. The molecule has 2 aliphatic rings. The number of anilines is 1. The summed E-state index contributed by atoms with van der Waals surface area (Å²) in [5, 5.41) is 1.59. The van der Waals surface area contributed by atoms with E-state index in [0.717, 1.165) is 24.2 Å². The van der Waals surface area contributed by atoms with Gasteiger partial charge in [0.15, 0.2) is 5.78 Å². The molecule has 1 saturated heterocycles. The van der Waals surface area contributed by atoms with Crippen molar-refractivity contribution in [3.05, 3.63) is 77.4 Å². The van der Waals surface area contributed by atoms with Crippen molar-refractivity contribution < 1.29 is 19.2 Å². The van der Waals surface area contributed by atoms with Crippen molar-refractivity contribution in [1.82, 2.24) is 9.80 Å². The highest BCUT2D eigenvalue weighted by molar-refractivity contribution is 6.25. The molecule has 0 aliphatic carbocycles. The van der Waals surface area contributed by atoms with Crippen molar-refractivity contribution >= 4 is 40.0 Å². The SMILES string of the molecule is CC(=O)c1ccc(N2CCN(C(=O)CCCN3C(=O)c4cccc5cccc(c45)C3=O)CC2)cc1. The van der Waals surface area contributed by atoms with Crippen LogP contribution >= 0.6 is 0 Å². The summed E-state index contributed by atoms with van der Waals surface area (Å²) in [6.45, 7) is 4.44. The monoisotopic (exact) mass is 469 g/mol. The Labute approximate surface area is 203 Å². The molecular formula is C28H27N3O4. The Balaban J connectivity index is 1.15. The van der Waals surface area contributed by atoms with Gasteiger partial charge >= 0.3 is 0 Å². The van der Waals surface area contributed by atoms with E-state index in [1.807, 2.05) is 53.4 Å². The maximum atomic E-state index is 13.0. The molecule has 2 heterocycles. The summed E-state index contributed by atoms with van der Waals surface area (Å²) < 4.78 is 0. The smallest absolute Gasteiger partial charge is 0.261 e. The molecule has 1 fully saturated rings. The number of hydrogen-bond donors (Lipinski definition) is 0. The zero-order chi connectivity index (χ0) is 24.5. The maximum absolute atomic E-state index is 13.0. The first kappa shape index (κ1) is 22.8. The van der Waals surface area contributed by atoms with Gasteiger partial charge in [-0.25, -0.2) is 0 Å². The molecule has 35 heavy (non-hydrogen) atoms. The fourth-order valence-electron chi connectivity index (χ4n) is 4.95. The van der Waals surface area contributed by atoms with E-state index in [4.69, 9.17) is 0 Å². The number of hydrogen-bond acceptors (Lipinski definition) is 5. The minimum Gasteiger partial charge on any atom is -0.368 e. The van der Waals surface area contributed by atoms with Gasteiger partial charge in [0, 0.05) is 66.9 Å². The summed E-state index contributed by atoms with van der Waals surface area (Å²) >= 11 is 0. The first-order chi connectivity index (χ1) is 16.9. The van der Waals surface area contributed by atoms with Gasteiger partial charge in [0.1, 0.15) is 0 Å². The molecule has 3 amide bonds. The number of Topliss-reactive ketones (excluding diaryl/α,β-unsaturated/α-hetero) is 1. The van der Waals surface area contributed by atoms with E-state index in [2.05, 4.69) is 4.90 Å². The van der Waals surface area contributed by atoms with Gasteiger partial charge in [-0.15, -0.1) is 0 Å². The fourth-order valence-corrected chi connectivity index (χ4v) is 4.95. The van der Waals surface area contributed by atoms with E-state index < -0.39 is 0 Å². The third-order valence-electron chi connectivity index (χ3n) is 6.90. The van der Waals surface area contributed by atoms with E-state index in [0.29, 0.717) is 41.6 Å². The minimum absolute atomic E-state index is 0.0380. The van der Waals surface area contributed by atoms with Crippen molar-refractivity contribution in [3.63, 3.8) is 0 Å². The highest BCUT2D eigenvalue weighted by Gasteiger charge is 2.32. The van der Waals surface area contributed by atoms with Crippen LogP contribution in [-0.2, 0) is 4.79 Å². The summed E-state index contributed by atoms with van der Waals surface area (Å²) in [6.07, 6.45) is 0.720. The van der Waals surface area contributed by atoms with Crippen LogP contribution in [-0.4, -0.2) is 66.0 Å². The van der Waals surface area contributed by atoms with E-state index >= 15 is 0 Å². The number of amides is 3. The molecule has 0 atom stereocenters. The lowest BCUT2D eigenvalue weighted by Crippen LogP contribution is -2.49. The van der Waals surface area contributed by atoms with Crippen LogP contribution in [0.2, 0.25) is 0 Å². The van der Waals surface area contributed by atoms with E-state index in [9.17, 15) is 19.2 Å². The average Bonchev–Trinajstić information content (AvgIpc) is 2.89. The first-order valence-electron chi connectivity index (χ1n) is 12.0. The van der Waals surface area contributed by atoms with Crippen LogP contribution in [0.5, 0.6) is 0 Å². The largest absolute Gasteiger partial charge is 0.368 e. The van der Waals surface area contributed by atoms with Gasteiger partial charge in [0.2, 0.25) is 5.91 Å². The maximum Gasteiger partial charge on any atom is 0.261 e. The molecule has 7 nitrogen and oxygen atoms in total. The summed E-state index contributed by atoms with van der Waals surface area (Å²) in [4.78, 5) is 55.6. The molecule has 0 N–H and O–H groups in total. The second-order valence-electron chi connectivity index (χ2n) is 9.05. The molecule has 0 aromatic heterocycles. The molecule has 3 aromatic rings. The van der Waals surface area contributed by atoms with Crippen LogP contribution in [0.3, 0.4) is 0 Å².